The third kappa shape index (κ3) is 1.39. The summed E-state index contributed by atoms with van der Waals surface area (Å²) in [6.07, 6.45) is 4.39. The van der Waals surface area contributed by atoms with Crippen molar-refractivity contribution in [1.29, 1.82) is 0 Å². The van der Waals surface area contributed by atoms with Gasteiger partial charge in [0.15, 0.2) is 5.78 Å². The molecule has 0 atom stereocenters. The summed E-state index contributed by atoms with van der Waals surface area (Å²) in [7, 11) is 0. The summed E-state index contributed by atoms with van der Waals surface area (Å²) in [6.45, 7) is 0.595. The number of nitrogens with two attached hydrogens (primary N) is 1. The topological polar surface area (TPSA) is 43.1 Å². The monoisotopic (exact) mass is 125 g/mol. The lowest BCUT2D eigenvalue weighted by molar-refractivity contribution is -0.115. The SMILES string of the molecule is NCCC1=CCCC1=O. The molecule has 0 fully saturated rings. The number of carbonyl (C=O) groups is 1. The van der Waals surface area contributed by atoms with Crippen molar-refractivity contribution in [2.45, 2.75) is 19.3 Å². The Labute approximate surface area is 54.7 Å². The molecule has 0 saturated carbocycles. The van der Waals surface area contributed by atoms with Crippen LogP contribution in [0.15, 0.2) is 11.6 Å². The lowest BCUT2D eigenvalue weighted by Crippen LogP contribution is -2.04. The first-order valence-corrected chi connectivity index (χ1v) is 3.27. The van der Waals surface area contributed by atoms with Crippen molar-refractivity contribution < 1.29 is 4.79 Å². The van der Waals surface area contributed by atoms with E-state index >= 15 is 0 Å². The fourth-order valence-corrected chi connectivity index (χ4v) is 1.05. The molecular formula is C7H11NO. The van der Waals surface area contributed by atoms with Crippen LogP contribution in [0, 0.1) is 0 Å². The van der Waals surface area contributed by atoms with Crippen LogP contribution in [-0.4, -0.2) is 12.3 Å². The molecule has 0 heterocycles. The van der Waals surface area contributed by atoms with E-state index in [2.05, 4.69) is 0 Å². The molecule has 1 rings (SSSR count). The molecule has 0 radical (unpaired) electrons. The molecule has 1 aliphatic rings. The summed E-state index contributed by atoms with van der Waals surface area (Å²) < 4.78 is 0. The molecule has 2 nitrogen and oxygen atoms in total. The Bertz CT molecular complexity index is 149. The maximum atomic E-state index is 10.8. The van der Waals surface area contributed by atoms with Crippen LogP contribution < -0.4 is 5.73 Å². The van der Waals surface area contributed by atoms with Crippen LogP contribution in [0.1, 0.15) is 19.3 Å². The van der Waals surface area contributed by atoms with Crippen molar-refractivity contribution in [3.8, 4) is 0 Å². The van der Waals surface area contributed by atoms with E-state index in [-0.39, 0.29) is 0 Å². The van der Waals surface area contributed by atoms with Crippen LogP contribution in [0.2, 0.25) is 0 Å². The van der Waals surface area contributed by atoms with Crippen LogP contribution in [0.5, 0.6) is 0 Å². The molecule has 0 aromatic heterocycles. The first-order valence-electron chi connectivity index (χ1n) is 3.27. The summed E-state index contributed by atoms with van der Waals surface area (Å²) >= 11 is 0. The highest BCUT2D eigenvalue weighted by Crippen LogP contribution is 2.15. The number of allylic oxidation sites excluding steroid dienone is 1. The molecule has 50 valence electrons. The minimum Gasteiger partial charge on any atom is -0.330 e. The number of ketones is 1. The number of hydrogen-bond acceptors (Lipinski definition) is 2. The van der Waals surface area contributed by atoms with Crippen molar-refractivity contribution in [3.05, 3.63) is 11.6 Å². The smallest absolute Gasteiger partial charge is 0.158 e. The normalized spacial score (nSPS) is 18.3. The molecule has 1 aliphatic carbocycles. The van der Waals surface area contributed by atoms with Gasteiger partial charge in [0.25, 0.3) is 0 Å². The van der Waals surface area contributed by atoms with Gasteiger partial charge in [-0.2, -0.15) is 0 Å². The highest BCUT2D eigenvalue weighted by atomic mass is 16.1. The first-order chi connectivity index (χ1) is 4.34. The maximum absolute atomic E-state index is 10.8. The minimum absolute atomic E-state index is 0.292. The lowest BCUT2D eigenvalue weighted by atomic mass is 10.1. The van der Waals surface area contributed by atoms with E-state index in [1.165, 1.54) is 0 Å². The van der Waals surface area contributed by atoms with Crippen LogP contribution in [0.25, 0.3) is 0 Å². The van der Waals surface area contributed by atoms with Gasteiger partial charge in [-0.25, -0.2) is 0 Å². The van der Waals surface area contributed by atoms with Gasteiger partial charge in [-0.05, 0) is 25.0 Å². The maximum Gasteiger partial charge on any atom is 0.158 e. The van der Waals surface area contributed by atoms with Gasteiger partial charge in [0.1, 0.15) is 0 Å². The molecule has 0 amide bonds. The van der Waals surface area contributed by atoms with Crippen molar-refractivity contribution >= 4 is 5.78 Å². The van der Waals surface area contributed by atoms with E-state index in [9.17, 15) is 4.79 Å². The second-order valence-corrected chi connectivity index (χ2v) is 2.23. The summed E-state index contributed by atoms with van der Waals surface area (Å²) in [5.41, 5.74) is 6.22. The van der Waals surface area contributed by atoms with E-state index in [0.717, 1.165) is 18.4 Å². The van der Waals surface area contributed by atoms with Crippen LogP contribution in [0.3, 0.4) is 0 Å². The highest BCUT2D eigenvalue weighted by Gasteiger charge is 2.12. The second kappa shape index (κ2) is 2.78. The fraction of sp³-hybridized carbons (Fsp3) is 0.571. The second-order valence-electron chi connectivity index (χ2n) is 2.23. The zero-order valence-electron chi connectivity index (χ0n) is 5.39. The zero-order chi connectivity index (χ0) is 6.69. The largest absolute Gasteiger partial charge is 0.330 e. The van der Waals surface area contributed by atoms with Crippen molar-refractivity contribution in [3.63, 3.8) is 0 Å². The van der Waals surface area contributed by atoms with Gasteiger partial charge in [0.2, 0.25) is 0 Å². The van der Waals surface area contributed by atoms with Crippen LogP contribution >= 0.6 is 0 Å². The van der Waals surface area contributed by atoms with Gasteiger partial charge in [-0.3, -0.25) is 4.79 Å². The number of hydrogen-bond donors (Lipinski definition) is 1. The Morgan fingerprint density at radius 3 is 2.89 bits per heavy atom. The summed E-state index contributed by atoms with van der Waals surface area (Å²) in [6, 6.07) is 0. The highest BCUT2D eigenvalue weighted by molar-refractivity contribution is 5.97. The molecule has 0 aromatic carbocycles. The predicted octanol–water partition coefficient (Wildman–Crippen LogP) is 0.625. The Morgan fingerprint density at radius 2 is 2.44 bits per heavy atom. The van der Waals surface area contributed by atoms with Gasteiger partial charge in [-0.15, -0.1) is 0 Å². The zero-order valence-corrected chi connectivity index (χ0v) is 5.39. The van der Waals surface area contributed by atoms with E-state index in [1.807, 2.05) is 6.08 Å². The van der Waals surface area contributed by atoms with Gasteiger partial charge in [0.05, 0.1) is 0 Å². The third-order valence-electron chi connectivity index (χ3n) is 1.53. The molecular weight excluding hydrogens is 114 g/mol. The molecule has 2 N–H and O–H groups in total. The summed E-state index contributed by atoms with van der Waals surface area (Å²) in [5, 5.41) is 0. The first kappa shape index (κ1) is 6.49. The van der Waals surface area contributed by atoms with E-state index in [1.54, 1.807) is 0 Å². The van der Waals surface area contributed by atoms with Crippen LogP contribution in [-0.2, 0) is 4.79 Å². The standard InChI is InChI=1S/C7H11NO/c8-5-4-6-2-1-3-7(6)9/h2H,1,3-5,8H2. The van der Waals surface area contributed by atoms with Crippen molar-refractivity contribution in [2.24, 2.45) is 5.73 Å². The van der Waals surface area contributed by atoms with E-state index < -0.39 is 0 Å². The van der Waals surface area contributed by atoms with E-state index in [4.69, 9.17) is 5.73 Å². The minimum atomic E-state index is 0.292. The Kier molecular flexibility index (Phi) is 2.01. The van der Waals surface area contributed by atoms with Gasteiger partial charge in [0, 0.05) is 6.42 Å². The fourth-order valence-electron chi connectivity index (χ4n) is 1.05. The Balaban J connectivity index is 2.47. The Morgan fingerprint density at radius 1 is 1.67 bits per heavy atom. The lowest BCUT2D eigenvalue weighted by Gasteiger charge is -1.93. The van der Waals surface area contributed by atoms with Crippen molar-refractivity contribution in [2.75, 3.05) is 6.54 Å². The molecule has 0 aromatic rings. The summed E-state index contributed by atoms with van der Waals surface area (Å²) in [5.74, 6) is 0.292. The Hall–Kier alpha value is -0.630. The van der Waals surface area contributed by atoms with Crippen molar-refractivity contribution in [1.82, 2.24) is 0 Å². The summed E-state index contributed by atoms with van der Waals surface area (Å²) in [4.78, 5) is 10.8. The predicted molar refractivity (Wildman–Crippen MR) is 36.0 cm³/mol. The third-order valence-corrected chi connectivity index (χ3v) is 1.53. The average molecular weight is 125 g/mol. The molecule has 0 aliphatic heterocycles. The number of rotatable bonds is 2. The van der Waals surface area contributed by atoms with E-state index in [0.29, 0.717) is 18.7 Å². The molecule has 0 saturated heterocycles. The molecule has 9 heavy (non-hydrogen) atoms. The quantitative estimate of drug-likeness (QED) is 0.588. The van der Waals surface area contributed by atoms with Crippen LogP contribution in [0.4, 0.5) is 0 Å². The molecule has 2 heteroatoms. The molecule has 0 bridgehead atoms. The van der Waals surface area contributed by atoms with Gasteiger partial charge >= 0.3 is 0 Å². The molecule has 0 unspecified atom stereocenters. The molecule has 0 spiro atoms. The number of carbonyl (C=O) groups excluding carboxylic acids is 1. The van der Waals surface area contributed by atoms with Gasteiger partial charge < -0.3 is 5.73 Å². The number of Topliss-reactive ketones (excluding diaryl/α,β-unsaturated/α-hetero) is 1. The van der Waals surface area contributed by atoms with Gasteiger partial charge in [-0.1, -0.05) is 6.08 Å². The average Bonchev–Trinajstić information content (AvgIpc) is 2.18.